The zero-order chi connectivity index (χ0) is 17.1. The number of likely N-dealkylation sites (tertiary alicyclic amines) is 1. The van der Waals surface area contributed by atoms with Crippen molar-refractivity contribution < 1.29 is 14.0 Å². The third kappa shape index (κ3) is 3.74. The highest BCUT2D eigenvalue weighted by atomic mass is 35.5. The Labute approximate surface area is 149 Å². The summed E-state index contributed by atoms with van der Waals surface area (Å²) in [7, 11) is 0. The van der Waals surface area contributed by atoms with Crippen LogP contribution in [-0.4, -0.2) is 29.8 Å². The third-order valence-corrected chi connectivity index (χ3v) is 4.74. The number of amides is 2. The highest BCUT2D eigenvalue weighted by Gasteiger charge is 2.29. The highest BCUT2D eigenvalue weighted by Crippen LogP contribution is 2.26. The molecule has 1 aliphatic heterocycles. The van der Waals surface area contributed by atoms with E-state index in [1.165, 1.54) is 6.26 Å². The van der Waals surface area contributed by atoms with Gasteiger partial charge >= 0.3 is 0 Å². The van der Waals surface area contributed by atoms with Crippen LogP contribution in [0, 0.1) is 5.92 Å². The van der Waals surface area contributed by atoms with Gasteiger partial charge in [0.2, 0.25) is 5.91 Å². The van der Waals surface area contributed by atoms with Crippen LogP contribution in [0.2, 0.25) is 10.0 Å². The SMILES string of the molecule is O=C(Nc1ccc(Cl)c(Cl)c1)[C@@H]1CCCN(C(=O)c2ccco2)C1. The molecule has 0 saturated carbocycles. The first-order valence-corrected chi connectivity index (χ1v) is 8.39. The fourth-order valence-corrected chi connectivity index (χ4v) is 3.05. The van der Waals surface area contributed by atoms with E-state index in [1.807, 2.05) is 0 Å². The van der Waals surface area contributed by atoms with E-state index < -0.39 is 0 Å². The number of benzene rings is 1. The summed E-state index contributed by atoms with van der Waals surface area (Å²) >= 11 is 11.8. The van der Waals surface area contributed by atoms with E-state index in [9.17, 15) is 9.59 Å². The molecule has 0 spiro atoms. The summed E-state index contributed by atoms with van der Waals surface area (Å²) in [4.78, 5) is 26.5. The van der Waals surface area contributed by atoms with E-state index >= 15 is 0 Å². The van der Waals surface area contributed by atoms with Crippen LogP contribution >= 0.6 is 23.2 Å². The molecule has 1 saturated heterocycles. The van der Waals surface area contributed by atoms with Crippen molar-refractivity contribution in [3.05, 3.63) is 52.4 Å². The van der Waals surface area contributed by atoms with Crippen molar-refractivity contribution in [1.82, 2.24) is 4.90 Å². The molecule has 5 nitrogen and oxygen atoms in total. The molecule has 3 rings (SSSR count). The van der Waals surface area contributed by atoms with Crippen molar-refractivity contribution >= 4 is 40.7 Å². The Bertz CT molecular complexity index is 746. The number of anilines is 1. The molecular formula is C17H16Cl2N2O3. The number of nitrogens with one attached hydrogen (secondary N) is 1. The second-order valence-electron chi connectivity index (χ2n) is 5.69. The lowest BCUT2D eigenvalue weighted by Gasteiger charge is -2.31. The van der Waals surface area contributed by atoms with Gasteiger partial charge in [-0.15, -0.1) is 0 Å². The van der Waals surface area contributed by atoms with E-state index in [0.29, 0.717) is 34.6 Å². The van der Waals surface area contributed by atoms with Crippen LogP contribution in [0.25, 0.3) is 0 Å². The van der Waals surface area contributed by atoms with Crippen LogP contribution in [0.5, 0.6) is 0 Å². The Morgan fingerprint density at radius 1 is 1.21 bits per heavy atom. The number of nitrogens with zero attached hydrogens (tertiary/aromatic N) is 1. The summed E-state index contributed by atoms with van der Waals surface area (Å²) in [5.41, 5.74) is 0.587. The number of rotatable bonds is 3. The van der Waals surface area contributed by atoms with Crippen molar-refractivity contribution in [1.29, 1.82) is 0 Å². The van der Waals surface area contributed by atoms with Gasteiger partial charge in [0.15, 0.2) is 5.76 Å². The minimum Gasteiger partial charge on any atom is -0.459 e. The predicted molar refractivity (Wildman–Crippen MR) is 92.4 cm³/mol. The fourth-order valence-electron chi connectivity index (χ4n) is 2.75. The topological polar surface area (TPSA) is 62.6 Å². The van der Waals surface area contributed by atoms with Gasteiger partial charge in [0.25, 0.3) is 5.91 Å². The zero-order valence-corrected chi connectivity index (χ0v) is 14.3. The summed E-state index contributed by atoms with van der Waals surface area (Å²) in [5.74, 6) is -0.301. The van der Waals surface area contributed by atoms with Gasteiger partial charge in [-0.25, -0.2) is 0 Å². The molecule has 2 aromatic rings. The van der Waals surface area contributed by atoms with Crippen molar-refractivity contribution in [3.63, 3.8) is 0 Å². The second-order valence-corrected chi connectivity index (χ2v) is 6.50. The van der Waals surface area contributed by atoms with Crippen molar-refractivity contribution in [2.75, 3.05) is 18.4 Å². The van der Waals surface area contributed by atoms with Gasteiger partial charge in [0.1, 0.15) is 0 Å². The molecule has 1 aromatic carbocycles. The Morgan fingerprint density at radius 2 is 2.04 bits per heavy atom. The van der Waals surface area contributed by atoms with Crippen LogP contribution in [0.3, 0.4) is 0 Å². The molecule has 1 fully saturated rings. The monoisotopic (exact) mass is 366 g/mol. The van der Waals surface area contributed by atoms with E-state index in [1.54, 1.807) is 35.2 Å². The molecule has 0 radical (unpaired) electrons. The fraction of sp³-hybridized carbons (Fsp3) is 0.294. The maximum absolute atomic E-state index is 12.5. The Hall–Kier alpha value is -1.98. The first-order valence-electron chi connectivity index (χ1n) is 7.63. The van der Waals surface area contributed by atoms with Crippen molar-refractivity contribution in [2.45, 2.75) is 12.8 Å². The van der Waals surface area contributed by atoms with Crippen molar-refractivity contribution in [2.24, 2.45) is 5.92 Å². The second kappa shape index (κ2) is 7.28. The molecule has 1 atom stereocenters. The maximum Gasteiger partial charge on any atom is 0.289 e. The van der Waals surface area contributed by atoms with Gasteiger partial charge in [-0.2, -0.15) is 0 Å². The standard InChI is InChI=1S/C17H16Cl2N2O3/c18-13-6-5-12(9-14(13)19)20-16(22)11-3-1-7-21(10-11)17(23)15-4-2-8-24-15/h2,4-6,8-9,11H,1,3,7,10H2,(H,20,22)/t11-/m1/s1. The Morgan fingerprint density at radius 3 is 2.75 bits per heavy atom. The van der Waals surface area contributed by atoms with E-state index in [4.69, 9.17) is 27.6 Å². The van der Waals surface area contributed by atoms with Crippen molar-refractivity contribution in [3.8, 4) is 0 Å². The molecule has 0 bridgehead atoms. The van der Waals surface area contributed by atoms with Gasteiger partial charge in [-0.3, -0.25) is 9.59 Å². The van der Waals surface area contributed by atoms with Gasteiger partial charge < -0.3 is 14.6 Å². The van der Waals surface area contributed by atoms with E-state index in [-0.39, 0.29) is 17.7 Å². The molecule has 24 heavy (non-hydrogen) atoms. The van der Waals surface area contributed by atoms with Crippen LogP contribution in [0.15, 0.2) is 41.0 Å². The molecule has 1 aromatic heterocycles. The quantitative estimate of drug-likeness (QED) is 0.889. The molecule has 126 valence electrons. The smallest absolute Gasteiger partial charge is 0.289 e. The van der Waals surface area contributed by atoms with Gasteiger partial charge in [0.05, 0.1) is 22.2 Å². The Kier molecular flexibility index (Phi) is 5.11. The lowest BCUT2D eigenvalue weighted by molar-refractivity contribution is -0.121. The average molecular weight is 367 g/mol. The summed E-state index contributed by atoms with van der Waals surface area (Å²) in [6.07, 6.45) is 2.96. The lowest BCUT2D eigenvalue weighted by Crippen LogP contribution is -2.43. The number of halogens is 2. The Balaban J connectivity index is 1.64. The van der Waals surface area contributed by atoms with E-state index in [2.05, 4.69) is 5.32 Å². The first kappa shape index (κ1) is 16.9. The molecule has 2 amide bonds. The van der Waals surface area contributed by atoms with Crippen LogP contribution < -0.4 is 5.32 Å². The summed E-state index contributed by atoms with van der Waals surface area (Å²) in [6, 6.07) is 8.23. The minimum atomic E-state index is -0.271. The zero-order valence-electron chi connectivity index (χ0n) is 12.8. The number of hydrogen-bond donors (Lipinski definition) is 1. The molecule has 1 N–H and O–H groups in total. The predicted octanol–water partition coefficient (Wildman–Crippen LogP) is 4.08. The third-order valence-electron chi connectivity index (χ3n) is 4.00. The highest BCUT2D eigenvalue weighted by molar-refractivity contribution is 6.42. The van der Waals surface area contributed by atoms with Crippen LogP contribution in [-0.2, 0) is 4.79 Å². The molecule has 1 aliphatic rings. The summed E-state index contributed by atoms with van der Waals surface area (Å²) in [5, 5.41) is 3.65. The van der Waals surface area contributed by atoms with Crippen LogP contribution in [0.4, 0.5) is 5.69 Å². The maximum atomic E-state index is 12.5. The van der Waals surface area contributed by atoms with Crippen LogP contribution in [0.1, 0.15) is 23.4 Å². The number of hydrogen-bond acceptors (Lipinski definition) is 3. The number of carbonyl (C=O) groups excluding carboxylic acids is 2. The molecular weight excluding hydrogens is 351 g/mol. The number of furan rings is 1. The number of piperidine rings is 1. The molecule has 7 heteroatoms. The molecule has 0 unspecified atom stereocenters. The lowest BCUT2D eigenvalue weighted by atomic mass is 9.96. The van der Waals surface area contributed by atoms with Gasteiger partial charge in [-0.1, -0.05) is 23.2 Å². The average Bonchev–Trinajstić information content (AvgIpc) is 3.12. The largest absolute Gasteiger partial charge is 0.459 e. The normalized spacial score (nSPS) is 17.6. The molecule has 0 aliphatic carbocycles. The van der Waals surface area contributed by atoms with Gasteiger partial charge in [-0.05, 0) is 43.2 Å². The number of carbonyl (C=O) groups is 2. The van der Waals surface area contributed by atoms with Gasteiger partial charge in [0, 0.05) is 18.8 Å². The minimum absolute atomic E-state index is 0.134. The summed E-state index contributed by atoms with van der Waals surface area (Å²) < 4.78 is 5.15. The first-order chi connectivity index (χ1) is 11.5. The van der Waals surface area contributed by atoms with E-state index in [0.717, 1.165) is 12.8 Å². The summed E-state index contributed by atoms with van der Waals surface area (Å²) in [6.45, 7) is 0.989. The molecule has 2 heterocycles.